The van der Waals surface area contributed by atoms with E-state index in [2.05, 4.69) is 9.36 Å². The fourth-order valence-electron chi connectivity index (χ4n) is 1.74. The van der Waals surface area contributed by atoms with Gasteiger partial charge in [-0.3, -0.25) is 9.59 Å². The molecule has 0 N–H and O–H groups in total. The molecule has 1 aromatic heterocycles. The van der Waals surface area contributed by atoms with Gasteiger partial charge in [0, 0.05) is 33.1 Å². The first-order chi connectivity index (χ1) is 8.08. The summed E-state index contributed by atoms with van der Waals surface area (Å²) < 4.78 is 3.99. The molecule has 0 aliphatic carbocycles. The van der Waals surface area contributed by atoms with Crippen LogP contribution in [0.2, 0.25) is 0 Å². The Morgan fingerprint density at radius 1 is 1.18 bits per heavy atom. The predicted octanol–water partition coefficient (Wildman–Crippen LogP) is 0.151. The van der Waals surface area contributed by atoms with Crippen molar-refractivity contribution in [1.82, 2.24) is 19.2 Å². The lowest BCUT2D eigenvalue weighted by molar-refractivity contribution is -0.130. The third-order valence-corrected chi connectivity index (χ3v) is 3.52. The molecule has 1 aliphatic heterocycles. The number of hydrogen-bond donors (Lipinski definition) is 0. The first kappa shape index (κ1) is 12.0. The van der Waals surface area contributed by atoms with Gasteiger partial charge in [-0.25, -0.2) is 4.98 Å². The van der Waals surface area contributed by atoms with Gasteiger partial charge in [0.15, 0.2) is 0 Å². The molecule has 92 valence electrons. The molecular formula is C10H14N4O2S. The van der Waals surface area contributed by atoms with E-state index in [0.29, 0.717) is 37.0 Å². The predicted molar refractivity (Wildman–Crippen MR) is 62.8 cm³/mol. The molecule has 0 atom stereocenters. The van der Waals surface area contributed by atoms with E-state index < -0.39 is 0 Å². The van der Waals surface area contributed by atoms with Crippen LogP contribution in [-0.2, 0) is 4.79 Å². The van der Waals surface area contributed by atoms with Crippen molar-refractivity contribution in [2.24, 2.45) is 0 Å². The first-order valence-corrected chi connectivity index (χ1v) is 6.20. The van der Waals surface area contributed by atoms with Gasteiger partial charge in [-0.1, -0.05) is 0 Å². The maximum Gasteiger partial charge on any atom is 0.284 e. The summed E-state index contributed by atoms with van der Waals surface area (Å²) in [5.41, 5.74) is 0. The zero-order valence-corrected chi connectivity index (χ0v) is 10.7. The van der Waals surface area contributed by atoms with Crippen LogP contribution in [0.25, 0.3) is 0 Å². The lowest BCUT2D eigenvalue weighted by Gasteiger charge is -2.33. The Balaban J connectivity index is 1.97. The molecule has 6 nitrogen and oxygen atoms in total. The highest BCUT2D eigenvalue weighted by Gasteiger charge is 2.25. The molecule has 7 heteroatoms. The topological polar surface area (TPSA) is 66.4 Å². The Bertz CT molecular complexity index is 437. The van der Waals surface area contributed by atoms with Crippen LogP contribution in [0.3, 0.4) is 0 Å². The number of piperazine rings is 1. The Hall–Kier alpha value is -1.50. The smallest absolute Gasteiger partial charge is 0.284 e. The summed E-state index contributed by atoms with van der Waals surface area (Å²) in [4.78, 5) is 30.7. The van der Waals surface area contributed by atoms with E-state index >= 15 is 0 Å². The lowest BCUT2D eigenvalue weighted by atomic mass is 10.3. The second-order valence-corrected chi connectivity index (χ2v) is 4.70. The quantitative estimate of drug-likeness (QED) is 0.715. The summed E-state index contributed by atoms with van der Waals surface area (Å²) in [6, 6.07) is 0. The molecule has 0 unspecified atom stereocenters. The average molecular weight is 254 g/mol. The molecule has 2 amide bonds. The van der Waals surface area contributed by atoms with Crippen molar-refractivity contribution in [2.75, 3.05) is 26.2 Å². The van der Waals surface area contributed by atoms with Gasteiger partial charge in [0.25, 0.3) is 5.91 Å². The van der Waals surface area contributed by atoms with E-state index in [9.17, 15) is 9.59 Å². The van der Waals surface area contributed by atoms with Crippen LogP contribution < -0.4 is 0 Å². The molecule has 1 saturated heterocycles. The number of hydrogen-bond acceptors (Lipinski definition) is 5. The number of aromatic nitrogens is 2. The monoisotopic (exact) mass is 254 g/mol. The molecule has 2 rings (SSSR count). The van der Waals surface area contributed by atoms with Crippen LogP contribution in [0.4, 0.5) is 0 Å². The van der Waals surface area contributed by atoms with Gasteiger partial charge < -0.3 is 9.80 Å². The summed E-state index contributed by atoms with van der Waals surface area (Å²) in [5, 5.41) is 0.429. The van der Waals surface area contributed by atoms with Crippen LogP contribution >= 0.6 is 11.5 Å². The van der Waals surface area contributed by atoms with Gasteiger partial charge in [-0.2, -0.15) is 4.37 Å². The number of aryl methyl sites for hydroxylation is 1. The van der Waals surface area contributed by atoms with Gasteiger partial charge >= 0.3 is 0 Å². The van der Waals surface area contributed by atoms with Crippen molar-refractivity contribution in [3.63, 3.8) is 0 Å². The van der Waals surface area contributed by atoms with Crippen molar-refractivity contribution in [3.8, 4) is 0 Å². The summed E-state index contributed by atoms with van der Waals surface area (Å²) >= 11 is 1.13. The third-order valence-electron chi connectivity index (χ3n) is 2.72. The molecule has 2 heterocycles. The highest BCUT2D eigenvalue weighted by Crippen LogP contribution is 2.10. The van der Waals surface area contributed by atoms with E-state index in [1.54, 1.807) is 23.6 Å². The minimum absolute atomic E-state index is 0.0591. The van der Waals surface area contributed by atoms with Gasteiger partial charge in [-0.15, -0.1) is 0 Å². The van der Waals surface area contributed by atoms with Crippen LogP contribution in [0.15, 0.2) is 0 Å². The largest absolute Gasteiger partial charge is 0.339 e. The lowest BCUT2D eigenvalue weighted by Crippen LogP contribution is -2.50. The number of carbonyl (C=O) groups is 2. The van der Waals surface area contributed by atoms with E-state index in [0.717, 1.165) is 11.5 Å². The minimum Gasteiger partial charge on any atom is -0.339 e. The van der Waals surface area contributed by atoms with Crippen molar-refractivity contribution < 1.29 is 9.59 Å². The normalized spacial score (nSPS) is 16.1. The molecule has 0 bridgehead atoms. The van der Waals surface area contributed by atoms with Crippen LogP contribution in [0, 0.1) is 6.92 Å². The molecular weight excluding hydrogens is 240 g/mol. The Morgan fingerprint density at radius 3 is 2.24 bits per heavy atom. The zero-order chi connectivity index (χ0) is 12.4. The highest BCUT2D eigenvalue weighted by molar-refractivity contribution is 7.07. The summed E-state index contributed by atoms with van der Waals surface area (Å²) in [5.74, 6) is 0.600. The number of amides is 2. The van der Waals surface area contributed by atoms with E-state index in [1.165, 1.54) is 0 Å². The third kappa shape index (κ3) is 2.60. The van der Waals surface area contributed by atoms with E-state index in [-0.39, 0.29) is 11.8 Å². The Labute approximate surface area is 103 Å². The van der Waals surface area contributed by atoms with Crippen molar-refractivity contribution >= 4 is 23.3 Å². The Kier molecular flexibility index (Phi) is 3.37. The molecule has 1 aliphatic rings. The molecule has 17 heavy (non-hydrogen) atoms. The fourth-order valence-corrected chi connectivity index (χ4v) is 2.38. The average Bonchev–Trinajstić information content (AvgIpc) is 2.75. The minimum atomic E-state index is -0.0844. The Morgan fingerprint density at radius 2 is 1.76 bits per heavy atom. The maximum absolute atomic E-state index is 12.0. The second-order valence-electron chi connectivity index (χ2n) is 3.95. The molecule has 0 spiro atoms. The standard InChI is InChI=1S/C10H14N4O2S/c1-7-11-9(17-12-7)10(16)14-5-3-13(4-6-14)8(2)15/h3-6H2,1-2H3. The molecule has 1 fully saturated rings. The van der Waals surface area contributed by atoms with Crippen molar-refractivity contribution in [2.45, 2.75) is 13.8 Å². The van der Waals surface area contributed by atoms with Crippen molar-refractivity contribution in [1.29, 1.82) is 0 Å². The van der Waals surface area contributed by atoms with Crippen LogP contribution in [0.1, 0.15) is 22.6 Å². The van der Waals surface area contributed by atoms with Gasteiger partial charge in [0.05, 0.1) is 0 Å². The first-order valence-electron chi connectivity index (χ1n) is 5.43. The fraction of sp³-hybridized carbons (Fsp3) is 0.600. The van der Waals surface area contributed by atoms with Gasteiger partial charge in [0.2, 0.25) is 10.9 Å². The number of nitrogens with zero attached hydrogens (tertiary/aromatic N) is 4. The summed E-state index contributed by atoms with van der Waals surface area (Å²) in [6.07, 6.45) is 0. The molecule has 1 aromatic rings. The SMILES string of the molecule is CC(=O)N1CCN(C(=O)c2nc(C)ns2)CC1. The van der Waals surface area contributed by atoms with E-state index in [1.807, 2.05) is 0 Å². The second kappa shape index (κ2) is 4.79. The summed E-state index contributed by atoms with van der Waals surface area (Å²) in [6.45, 7) is 5.64. The maximum atomic E-state index is 12.0. The van der Waals surface area contributed by atoms with E-state index in [4.69, 9.17) is 0 Å². The number of carbonyl (C=O) groups excluding carboxylic acids is 2. The molecule has 0 aromatic carbocycles. The van der Waals surface area contributed by atoms with Gasteiger partial charge in [0.1, 0.15) is 5.82 Å². The summed E-state index contributed by atoms with van der Waals surface area (Å²) in [7, 11) is 0. The number of rotatable bonds is 1. The van der Waals surface area contributed by atoms with Crippen molar-refractivity contribution in [3.05, 3.63) is 10.8 Å². The molecule has 0 saturated carbocycles. The highest BCUT2D eigenvalue weighted by atomic mass is 32.1. The van der Waals surface area contributed by atoms with Gasteiger partial charge in [-0.05, 0) is 18.5 Å². The molecule has 0 radical (unpaired) electrons. The zero-order valence-electron chi connectivity index (χ0n) is 9.84. The van der Waals surface area contributed by atoms with Crippen LogP contribution in [0.5, 0.6) is 0 Å². The van der Waals surface area contributed by atoms with Crippen LogP contribution in [-0.4, -0.2) is 57.2 Å².